The Morgan fingerprint density at radius 2 is 2.07 bits per heavy atom. The SMILES string of the molecule is CC1(C(=O)N2CC[C@@H](N)C2)CC1(Cl)Cl.Cl. The molecule has 2 rings (SSSR count). The number of likely N-dealkylation sites (tertiary alicyclic amines) is 1. The maximum atomic E-state index is 12.0. The third kappa shape index (κ3) is 2.07. The van der Waals surface area contributed by atoms with E-state index in [4.69, 9.17) is 28.9 Å². The molecule has 1 amide bonds. The molecule has 0 spiro atoms. The minimum atomic E-state index is -0.864. The lowest BCUT2D eigenvalue weighted by molar-refractivity contribution is -0.135. The number of nitrogens with zero attached hydrogens (tertiary/aromatic N) is 1. The summed E-state index contributed by atoms with van der Waals surface area (Å²) >= 11 is 11.9. The molecule has 0 radical (unpaired) electrons. The molecule has 3 nitrogen and oxygen atoms in total. The molecule has 1 heterocycles. The van der Waals surface area contributed by atoms with Crippen LogP contribution in [0, 0.1) is 5.41 Å². The lowest BCUT2D eigenvalue weighted by atomic mass is 10.1. The van der Waals surface area contributed by atoms with Gasteiger partial charge in [-0.15, -0.1) is 35.6 Å². The van der Waals surface area contributed by atoms with E-state index in [2.05, 4.69) is 0 Å². The molecule has 2 atom stereocenters. The number of hydrogen-bond acceptors (Lipinski definition) is 2. The van der Waals surface area contributed by atoms with Crippen LogP contribution in [0.2, 0.25) is 0 Å². The van der Waals surface area contributed by atoms with Crippen LogP contribution in [0.1, 0.15) is 19.8 Å². The van der Waals surface area contributed by atoms with Gasteiger partial charge < -0.3 is 10.6 Å². The molecule has 0 aromatic rings. The van der Waals surface area contributed by atoms with E-state index in [0.29, 0.717) is 13.0 Å². The third-order valence-electron chi connectivity index (χ3n) is 3.24. The average molecular weight is 274 g/mol. The molecule has 15 heavy (non-hydrogen) atoms. The van der Waals surface area contributed by atoms with Crippen LogP contribution in [0.15, 0.2) is 0 Å². The largest absolute Gasteiger partial charge is 0.341 e. The van der Waals surface area contributed by atoms with Crippen molar-refractivity contribution in [2.45, 2.75) is 30.1 Å². The van der Waals surface area contributed by atoms with Gasteiger partial charge in [0.2, 0.25) is 5.91 Å². The van der Waals surface area contributed by atoms with E-state index in [9.17, 15) is 4.79 Å². The molecule has 6 heteroatoms. The van der Waals surface area contributed by atoms with Crippen LogP contribution in [0.3, 0.4) is 0 Å². The molecular weight excluding hydrogens is 258 g/mol. The number of halogens is 3. The normalized spacial score (nSPS) is 37.3. The summed E-state index contributed by atoms with van der Waals surface area (Å²) < 4.78 is -0.864. The molecule has 1 aliphatic carbocycles. The Kier molecular flexibility index (Phi) is 3.52. The van der Waals surface area contributed by atoms with E-state index in [1.54, 1.807) is 4.90 Å². The smallest absolute Gasteiger partial charge is 0.231 e. The first-order valence-electron chi connectivity index (χ1n) is 4.80. The van der Waals surface area contributed by atoms with Crippen LogP contribution in [0.25, 0.3) is 0 Å². The molecule has 1 saturated carbocycles. The number of amides is 1. The van der Waals surface area contributed by atoms with Gasteiger partial charge in [-0.1, -0.05) is 0 Å². The highest BCUT2D eigenvalue weighted by molar-refractivity contribution is 6.53. The van der Waals surface area contributed by atoms with Gasteiger partial charge in [0.25, 0.3) is 0 Å². The van der Waals surface area contributed by atoms with Gasteiger partial charge in [-0.3, -0.25) is 4.79 Å². The fraction of sp³-hybridized carbons (Fsp3) is 0.889. The quantitative estimate of drug-likeness (QED) is 0.737. The van der Waals surface area contributed by atoms with Crippen molar-refractivity contribution in [3.63, 3.8) is 0 Å². The molecule has 1 aliphatic heterocycles. The molecule has 0 aromatic carbocycles. The molecule has 0 bridgehead atoms. The molecule has 88 valence electrons. The Labute approximate surface area is 106 Å². The first kappa shape index (κ1) is 13.4. The topological polar surface area (TPSA) is 46.3 Å². The number of nitrogens with two attached hydrogens (primary N) is 1. The third-order valence-corrected chi connectivity index (χ3v) is 4.34. The van der Waals surface area contributed by atoms with Gasteiger partial charge in [0.1, 0.15) is 4.33 Å². The number of hydrogen-bond donors (Lipinski definition) is 1. The van der Waals surface area contributed by atoms with Crippen LogP contribution in [0.5, 0.6) is 0 Å². The lowest BCUT2D eigenvalue weighted by Crippen LogP contribution is -2.38. The van der Waals surface area contributed by atoms with E-state index in [0.717, 1.165) is 13.0 Å². The van der Waals surface area contributed by atoms with Crippen molar-refractivity contribution in [3.8, 4) is 0 Å². The number of carbonyl (C=O) groups is 1. The second kappa shape index (κ2) is 3.95. The van der Waals surface area contributed by atoms with Crippen molar-refractivity contribution in [2.75, 3.05) is 13.1 Å². The summed E-state index contributed by atoms with van der Waals surface area (Å²) in [6, 6.07) is 0.112. The van der Waals surface area contributed by atoms with E-state index in [1.165, 1.54) is 0 Å². The summed E-state index contributed by atoms with van der Waals surface area (Å²) in [5, 5.41) is 0. The first-order chi connectivity index (χ1) is 6.37. The van der Waals surface area contributed by atoms with Crippen molar-refractivity contribution in [3.05, 3.63) is 0 Å². The van der Waals surface area contributed by atoms with Crippen LogP contribution >= 0.6 is 35.6 Å². The van der Waals surface area contributed by atoms with Gasteiger partial charge in [0, 0.05) is 19.1 Å². The predicted molar refractivity (Wildman–Crippen MR) is 63.6 cm³/mol. The molecule has 0 aromatic heterocycles. The Balaban J connectivity index is 0.00000112. The van der Waals surface area contributed by atoms with Crippen molar-refractivity contribution in [1.29, 1.82) is 0 Å². The number of carbonyl (C=O) groups excluding carboxylic acids is 1. The fourth-order valence-electron chi connectivity index (χ4n) is 1.95. The zero-order chi connectivity index (χ0) is 10.6. The summed E-state index contributed by atoms with van der Waals surface area (Å²) in [5.74, 6) is 0.0513. The minimum Gasteiger partial charge on any atom is -0.341 e. The van der Waals surface area contributed by atoms with Crippen LogP contribution < -0.4 is 5.73 Å². The molecule has 1 unspecified atom stereocenters. The maximum absolute atomic E-state index is 12.0. The maximum Gasteiger partial charge on any atom is 0.231 e. The highest BCUT2D eigenvalue weighted by Gasteiger charge is 2.68. The highest BCUT2D eigenvalue weighted by atomic mass is 35.5. The van der Waals surface area contributed by atoms with Gasteiger partial charge in [-0.05, 0) is 19.8 Å². The number of rotatable bonds is 1. The zero-order valence-electron chi connectivity index (χ0n) is 8.50. The van der Waals surface area contributed by atoms with Crippen molar-refractivity contribution in [1.82, 2.24) is 4.90 Å². The minimum absolute atomic E-state index is 0. The molecule has 2 N–H and O–H groups in total. The van der Waals surface area contributed by atoms with Gasteiger partial charge in [-0.2, -0.15) is 0 Å². The first-order valence-corrected chi connectivity index (χ1v) is 5.55. The van der Waals surface area contributed by atoms with Crippen molar-refractivity contribution in [2.24, 2.45) is 11.1 Å². The second-order valence-electron chi connectivity index (χ2n) is 4.51. The van der Waals surface area contributed by atoms with Gasteiger partial charge in [0.05, 0.1) is 5.41 Å². The average Bonchev–Trinajstić information content (AvgIpc) is 2.48. The lowest BCUT2D eigenvalue weighted by Gasteiger charge is -2.21. The summed E-state index contributed by atoms with van der Waals surface area (Å²) in [6.07, 6.45) is 1.42. The molecular formula is C9H15Cl3N2O. The highest BCUT2D eigenvalue weighted by Crippen LogP contribution is 2.64. The van der Waals surface area contributed by atoms with Gasteiger partial charge in [0.15, 0.2) is 0 Å². The Hall–Kier alpha value is 0.300. The summed E-state index contributed by atoms with van der Waals surface area (Å²) in [7, 11) is 0. The van der Waals surface area contributed by atoms with E-state index in [-0.39, 0.29) is 24.4 Å². The van der Waals surface area contributed by atoms with E-state index >= 15 is 0 Å². The van der Waals surface area contributed by atoms with Crippen molar-refractivity contribution < 1.29 is 4.79 Å². The van der Waals surface area contributed by atoms with E-state index < -0.39 is 9.75 Å². The summed E-state index contributed by atoms with van der Waals surface area (Å²) in [6.45, 7) is 3.19. The summed E-state index contributed by atoms with van der Waals surface area (Å²) in [5.41, 5.74) is 5.15. The Bertz CT molecular complexity index is 285. The summed E-state index contributed by atoms with van der Waals surface area (Å²) in [4.78, 5) is 13.8. The number of alkyl halides is 2. The van der Waals surface area contributed by atoms with Crippen LogP contribution in [-0.2, 0) is 4.79 Å². The molecule has 2 fully saturated rings. The van der Waals surface area contributed by atoms with Gasteiger partial charge >= 0.3 is 0 Å². The fourth-order valence-corrected chi connectivity index (χ4v) is 2.65. The van der Waals surface area contributed by atoms with Crippen LogP contribution in [-0.4, -0.2) is 34.3 Å². The predicted octanol–water partition coefficient (Wildman–Crippen LogP) is 1.55. The van der Waals surface area contributed by atoms with Crippen molar-refractivity contribution >= 4 is 41.5 Å². The Morgan fingerprint density at radius 3 is 2.40 bits per heavy atom. The zero-order valence-corrected chi connectivity index (χ0v) is 10.8. The molecule has 2 aliphatic rings. The Morgan fingerprint density at radius 1 is 1.53 bits per heavy atom. The van der Waals surface area contributed by atoms with E-state index in [1.807, 2.05) is 6.92 Å². The molecule has 1 saturated heterocycles. The van der Waals surface area contributed by atoms with Gasteiger partial charge in [-0.25, -0.2) is 0 Å². The standard InChI is InChI=1S/C9H14Cl2N2O.ClH/c1-8(5-9(8,10)11)7(14)13-3-2-6(12)4-13;/h6H,2-5,12H2,1H3;1H/t6-,8?;/m1./s1. The van der Waals surface area contributed by atoms with Crippen LogP contribution in [0.4, 0.5) is 0 Å². The second-order valence-corrected chi connectivity index (χ2v) is 6.00. The monoisotopic (exact) mass is 272 g/mol.